The summed E-state index contributed by atoms with van der Waals surface area (Å²) in [6.45, 7) is 0. The van der Waals surface area contributed by atoms with Gasteiger partial charge in [0.25, 0.3) is 0 Å². The molecule has 7 heteroatoms. The van der Waals surface area contributed by atoms with E-state index in [9.17, 15) is 9.18 Å². The van der Waals surface area contributed by atoms with E-state index in [0.717, 1.165) is 27.7 Å². The van der Waals surface area contributed by atoms with Crippen molar-refractivity contribution in [1.29, 1.82) is 0 Å². The van der Waals surface area contributed by atoms with Crippen LogP contribution in [0.25, 0.3) is 0 Å². The molecule has 0 bridgehead atoms. The minimum Gasteiger partial charge on any atom is -0.325 e. The fraction of sp³-hybridized carbons (Fsp3) is 0.0870. The highest BCUT2D eigenvalue weighted by Crippen LogP contribution is 2.33. The molecule has 0 unspecified atom stereocenters. The van der Waals surface area contributed by atoms with Gasteiger partial charge in [0, 0.05) is 17.1 Å². The van der Waals surface area contributed by atoms with Crippen molar-refractivity contribution in [3.63, 3.8) is 0 Å². The summed E-state index contributed by atoms with van der Waals surface area (Å²) in [4.78, 5) is 21.9. The number of halogens is 2. The Hall–Kier alpha value is -2.96. The lowest BCUT2D eigenvalue weighted by atomic mass is 10.1. The number of nitrogens with zero attached hydrogens (tertiary/aromatic N) is 2. The van der Waals surface area contributed by atoms with Gasteiger partial charge in [-0.25, -0.2) is 9.38 Å². The number of benzene rings is 3. The van der Waals surface area contributed by atoms with Gasteiger partial charge in [-0.3, -0.25) is 9.79 Å². The Morgan fingerprint density at radius 3 is 2.33 bits per heavy atom. The van der Waals surface area contributed by atoms with E-state index in [0.29, 0.717) is 17.1 Å². The smallest absolute Gasteiger partial charge is 0.234 e. The van der Waals surface area contributed by atoms with Crippen LogP contribution in [0.5, 0.6) is 0 Å². The van der Waals surface area contributed by atoms with Crippen molar-refractivity contribution in [2.24, 2.45) is 9.98 Å². The quantitative estimate of drug-likeness (QED) is 0.513. The lowest BCUT2D eigenvalue weighted by molar-refractivity contribution is -0.113. The summed E-state index contributed by atoms with van der Waals surface area (Å²) >= 11 is 7.38. The van der Waals surface area contributed by atoms with Gasteiger partial charge in [0.05, 0.1) is 27.9 Å². The summed E-state index contributed by atoms with van der Waals surface area (Å²) in [6, 6.07) is 20.9. The van der Waals surface area contributed by atoms with Crippen molar-refractivity contribution in [2.75, 3.05) is 11.1 Å². The van der Waals surface area contributed by atoms with Gasteiger partial charge >= 0.3 is 0 Å². The highest BCUT2D eigenvalue weighted by atomic mass is 35.5. The van der Waals surface area contributed by atoms with Crippen LogP contribution in [0.15, 0.2) is 82.8 Å². The maximum atomic E-state index is 13.0. The van der Waals surface area contributed by atoms with E-state index in [2.05, 4.69) is 5.32 Å². The highest BCUT2D eigenvalue weighted by Gasteiger charge is 2.16. The number of carbonyl (C=O) groups excluding carboxylic acids is 1. The molecule has 0 aliphatic carbocycles. The molecule has 1 aliphatic rings. The summed E-state index contributed by atoms with van der Waals surface area (Å²) in [6.07, 6.45) is 0.505. The van der Waals surface area contributed by atoms with Gasteiger partial charge in [-0.1, -0.05) is 35.9 Å². The minimum absolute atomic E-state index is 0.183. The molecule has 1 N–H and O–H groups in total. The molecule has 1 amide bonds. The topological polar surface area (TPSA) is 53.8 Å². The van der Waals surface area contributed by atoms with Crippen molar-refractivity contribution in [3.05, 3.63) is 89.2 Å². The van der Waals surface area contributed by atoms with E-state index in [4.69, 9.17) is 21.6 Å². The van der Waals surface area contributed by atoms with Gasteiger partial charge in [-0.05, 0) is 54.1 Å². The van der Waals surface area contributed by atoms with Gasteiger partial charge in [-0.2, -0.15) is 0 Å². The van der Waals surface area contributed by atoms with Gasteiger partial charge < -0.3 is 5.32 Å². The number of carbonyl (C=O) groups is 1. The Balaban J connectivity index is 1.51. The van der Waals surface area contributed by atoms with Crippen LogP contribution in [-0.2, 0) is 4.79 Å². The number of aliphatic imine (C=N–C) groups is 2. The lowest BCUT2D eigenvalue weighted by Gasteiger charge is -2.08. The van der Waals surface area contributed by atoms with Crippen molar-refractivity contribution >= 4 is 57.1 Å². The van der Waals surface area contributed by atoms with Crippen LogP contribution in [0, 0.1) is 5.82 Å². The second-order valence-electron chi connectivity index (χ2n) is 6.58. The van der Waals surface area contributed by atoms with Crippen LogP contribution >= 0.6 is 23.4 Å². The molecule has 0 atom stereocenters. The summed E-state index contributed by atoms with van der Waals surface area (Å²) in [5, 5.41) is 4.22. The molecule has 0 radical (unpaired) electrons. The van der Waals surface area contributed by atoms with Gasteiger partial charge in [0.1, 0.15) is 5.82 Å². The van der Waals surface area contributed by atoms with Crippen molar-refractivity contribution in [2.45, 2.75) is 6.42 Å². The number of hydrogen-bond acceptors (Lipinski definition) is 4. The Bertz CT molecular complexity index is 1130. The Morgan fingerprint density at radius 1 is 0.967 bits per heavy atom. The van der Waals surface area contributed by atoms with Crippen molar-refractivity contribution in [3.8, 4) is 0 Å². The summed E-state index contributed by atoms with van der Waals surface area (Å²) in [7, 11) is 0. The largest absolute Gasteiger partial charge is 0.325 e. The molecule has 0 aromatic heterocycles. The number of hydrogen-bond donors (Lipinski definition) is 1. The Kier molecular flexibility index (Phi) is 6.26. The number of thioether (sulfide) groups is 1. The highest BCUT2D eigenvalue weighted by molar-refractivity contribution is 8.14. The molecule has 4 rings (SSSR count). The number of para-hydroxylation sites is 2. The van der Waals surface area contributed by atoms with Crippen LogP contribution in [0.4, 0.5) is 21.5 Å². The van der Waals surface area contributed by atoms with Gasteiger partial charge in [0.15, 0.2) is 0 Å². The molecule has 30 heavy (non-hydrogen) atoms. The second-order valence-corrected chi connectivity index (χ2v) is 8.07. The third kappa shape index (κ3) is 5.14. The molecule has 3 aromatic carbocycles. The summed E-state index contributed by atoms with van der Waals surface area (Å²) in [5.74, 6) is -0.341. The Morgan fingerprint density at radius 2 is 1.63 bits per heavy atom. The molecular formula is C23H17ClFN3OS. The number of rotatable bonds is 4. The molecule has 0 fully saturated rings. The fourth-order valence-electron chi connectivity index (χ4n) is 2.93. The van der Waals surface area contributed by atoms with Crippen LogP contribution in [0.2, 0.25) is 5.02 Å². The molecule has 1 heterocycles. The standard InChI is InChI=1S/C23H17ClFN3OS/c24-16-7-5-15(6-8-16)21-13-23(28-20-4-2-1-3-19(20)27-21)30-14-22(29)26-18-11-9-17(25)10-12-18/h1-12H,13-14H2,(H,26,29). The molecule has 150 valence electrons. The monoisotopic (exact) mass is 437 g/mol. The minimum atomic E-state index is -0.345. The first-order valence-electron chi connectivity index (χ1n) is 9.25. The average molecular weight is 438 g/mol. The first-order chi connectivity index (χ1) is 14.6. The SMILES string of the molecule is O=C(CSC1=Nc2ccccc2N=C(c2ccc(Cl)cc2)C1)Nc1ccc(F)cc1. The summed E-state index contributed by atoms with van der Waals surface area (Å²) in [5.41, 5.74) is 3.93. The molecule has 0 saturated carbocycles. The van der Waals surface area contributed by atoms with E-state index in [1.807, 2.05) is 48.5 Å². The fourth-order valence-corrected chi connectivity index (χ4v) is 3.82. The van der Waals surface area contributed by atoms with Crippen LogP contribution in [0.3, 0.4) is 0 Å². The van der Waals surface area contributed by atoms with Crippen molar-refractivity contribution in [1.82, 2.24) is 0 Å². The first kappa shape index (κ1) is 20.3. The molecule has 0 spiro atoms. The predicted molar refractivity (Wildman–Crippen MR) is 123 cm³/mol. The molecule has 1 aliphatic heterocycles. The molecule has 4 nitrogen and oxygen atoms in total. The zero-order valence-electron chi connectivity index (χ0n) is 15.8. The normalized spacial score (nSPS) is 13.0. The van der Waals surface area contributed by atoms with E-state index < -0.39 is 0 Å². The van der Waals surface area contributed by atoms with Gasteiger partial charge in [0.2, 0.25) is 5.91 Å². The third-order valence-electron chi connectivity index (χ3n) is 4.38. The van der Waals surface area contributed by atoms with Gasteiger partial charge in [-0.15, -0.1) is 11.8 Å². The van der Waals surface area contributed by atoms with Crippen molar-refractivity contribution < 1.29 is 9.18 Å². The van der Waals surface area contributed by atoms with Crippen LogP contribution in [0.1, 0.15) is 12.0 Å². The van der Waals surface area contributed by atoms with E-state index in [-0.39, 0.29) is 17.5 Å². The zero-order chi connectivity index (χ0) is 20.9. The number of nitrogens with one attached hydrogen (secondary N) is 1. The Labute approximate surface area is 182 Å². The van der Waals surface area contributed by atoms with E-state index >= 15 is 0 Å². The molecule has 3 aromatic rings. The lowest BCUT2D eigenvalue weighted by Crippen LogP contribution is -2.16. The molecular weight excluding hydrogens is 421 g/mol. The predicted octanol–water partition coefficient (Wildman–Crippen LogP) is 6.41. The summed E-state index contributed by atoms with van der Waals surface area (Å²) < 4.78 is 13.0. The number of anilines is 1. The van der Waals surface area contributed by atoms with Crippen LogP contribution in [-0.4, -0.2) is 22.4 Å². The van der Waals surface area contributed by atoms with E-state index in [1.165, 1.54) is 36.0 Å². The second kappa shape index (κ2) is 9.24. The zero-order valence-corrected chi connectivity index (χ0v) is 17.4. The molecule has 0 saturated heterocycles. The number of fused-ring (bicyclic) bond motifs is 1. The maximum Gasteiger partial charge on any atom is 0.234 e. The van der Waals surface area contributed by atoms with Crippen LogP contribution < -0.4 is 5.32 Å². The maximum absolute atomic E-state index is 13.0. The first-order valence-corrected chi connectivity index (χ1v) is 10.6. The number of amides is 1. The van der Waals surface area contributed by atoms with E-state index in [1.54, 1.807) is 0 Å². The third-order valence-corrected chi connectivity index (χ3v) is 5.60. The average Bonchev–Trinajstić information content (AvgIpc) is 2.94.